The second-order valence-electron chi connectivity index (χ2n) is 3.20. The Labute approximate surface area is 95.7 Å². The SMILES string of the molecule is COc1cc2nc(Cl)[nH]c(=O)c2cc1CO. The van der Waals surface area contributed by atoms with E-state index in [1.165, 1.54) is 13.2 Å². The van der Waals surface area contributed by atoms with Crippen LogP contribution in [0.25, 0.3) is 10.9 Å². The second-order valence-corrected chi connectivity index (χ2v) is 3.55. The van der Waals surface area contributed by atoms with Crippen LogP contribution >= 0.6 is 11.6 Å². The number of methoxy groups -OCH3 is 1. The van der Waals surface area contributed by atoms with E-state index in [9.17, 15) is 4.79 Å². The molecule has 0 amide bonds. The van der Waals surface area contributed by atoms with Crippen molar-refractivity contribution in [3.63, 3.8) is 0 Å². The van der Waals surface area contributed by atoms with E-state index in [4.69, 9.17) is 21.4 Å². The summed E-state index contributed by atoms with van der Waals surface area (Å²) in [4.78, 5) is 17.9. The molecular weight excluding hydrogens is 232 g/mol. The van der Waals surface area contributed by atoms with Crippen LogP contribution in [0.2, 0.25) is 5.28 Å². The van der Waals surface area contributed by atoms with Gasteiger partial charge in [0.25, 0.3) is 5.56 Å². The number of ether oxygens (including phenoxy) is 1. The molecule has 0 spiro atoms. The molecule has 0 atom stereocenters. The third kappa shape index (κ3) is 1.75. The standard InChI is InChI=1S/C10H9ClN2O3/c1-16-8-3-7-6(2-5(8)4-14)9(15)13-10(11)12-7/h2-3,14H,4H2,1H3,(H,12,13,15). The highest BCUT2D eigenvalue weighted by molar-refractivity contribution is 6.28. The quantitative estimate of drug-likeness (QED) is 0.771. The molecule has 0 unspecified atom stereocenters. The van der Waals surface area contributed by atoms with E-state index in [1.807, 2.05) is 0 Å². The first kappa shape index (κ1) is 10.9. The average molecular weight is 241 g/mol. The lowest BCUT2D eigenvalue weighted by Crippen LogP contribution is -2.08. The van der Waals surface area contributed by atoms with Crippen LogP contribution in [0, 0.1) is 0 Å². The monoisotopic (exact) mass is 240 g/mol. The number of aromatic nitrogens is 2. The van der Waals surface area contributed by atoms with Crippen molar-refractivity contribution in [2.75, 3.05) is 7.11 Å². The fraction of sp³-hybridized carbons (Fsp3) is 0.200. The average Bonchev–Trinajstić information content (AvgIpc) is 2.27. The first-order valence-corrected chi connectivity index (χ1v) is 4.91. The summed E-state index contributed by atoms with van der Waals surface area (Å²) in [6, 6.07) is 3.11. The van der Waals surface area contributed by atoms with Crippen molar-refractivity contribution in [3.05, 3.63) is 33.3 Å². The summed E-state index contributed by atoms with van der Waals surface area (Å²) in [6.07, 6.45) is 0. The van der Waals surface area contributed by atoms with Crippen LogP contribution in [0.1, 0.15) is 5.56 Å². The zero-order chi connectivity index (χ0) is 11.7. The molecule has 1 aromatic heterocycles. The largest absolute Gasteiger partial charge is 0.496 e. The van der Waals surface area contributed by atoms with Crippen LogP contribution in [0.4, 0.5) is 0 Å². The number of benzene rings is 1. The maximum atomic E-state index is 11.6. The molecule has 0 saturated carbocycles. The van der Waals surface area contributed by atoms with E-state index >= 15 is 0 Å². The van der Waals surface area contributed by atoms with E-state index < -0.39 is 0 Å². The Kier molecular flexibility index (Phi) is 2.80. The minimum atomic E-state index is -0.340. The van der Waals surface area contributed by atoms with Gasteiger partial charge in [-0.15, -0.1) is 0 Å². The number of fused-ring (bicyclic) bond motifs is 1. The maximum absolute atomic E-state index is 11.6. The first-order valence-electron chi connectivity index (χ1n) is 4.53. The van der Waals surface area contributed by atoms with Crippen molar-refractivity contribution in [2.24, 2.45) is 0 Å². The molecule has 0 aliphatic rings. The van der Waals surface area contributed by atoms with Crippen molar-refractivity contribution >= 4 is 22.5 Å². The summed E-state index contributed by atoms with van der Waals surface area (Å²) in [5, 5.41) is 9.51. The highest BCUT2D eigenvalue weighted by Gasteiger charge is 2.09. The molecule has 0 fully saturated rings. The molecule has 0 aliphatic heterocycles. The highest BCUT2D eigenvalue weighted by Crippen LogP contribution is 2.23. The van der Waals surface area contributed by atoms with Crippen molar-refractivity contribution in [1.82, 2.24) is 9.97 Å². The molecule has 2 rings (SSSR count). The van der Waals surface area contributed by atoms with Crippen LogP contribution in [0.15, 0.2) is 16.9 Å². The Morgan fingerprint density at radius 3 is 2.94 bits per heavy atom. The van der Waals surface area contributed by atoms with Gasteiger partial charge in [-0.25, -0.2) is 4.98 Å². The van der Waals surface area contributed by atoms with Gasteiger partial charge in [0.05, 0.1) is 24.6 Å². The van der Waals surface area contributed by atoms with E-state index in [0.29, 0.717) is 22.2 Å². The third-order valence-electron chi connectivity index (χ3n) is 2.25. The van der Waals surface area contributed by atoms with Gasteiger partial charge in [0.1, 0.15) is 5.75 Å². The molecule has 0 radical (unpaired) electrons. The maximum Gasteiger partial charge on any atom is 0.259 e. The number of rotatable bonds is 2. The van der Waals surface area contributed by atoms with Crippen molar-refractivity contribution in [1.29, 1.82) is 0 Å². The smallest absolute Gasteiger partial charge is 0.259 e. The molecule has 16 heavy (non-hydrogen) atoms. The number of halogens is 1. The lowest BCUT2D eigenvalue weighted by molar-refractivity contribution is 0.274. The number of aromatic amines is 1. The zero-order valence-corrected chi connectivity index (χ0v) is 9.21. The molecule has 0 bridgehead atoms. The molecule has 1 aromatic carbocycles. The summed E-state index contributed by atoms with van der Waals surface area (Å²) in [5.74, 6) is 0.476. The molecule has 1 heterocycles. The van der Waals surface area contributed by atoms with Gasteiger partial charge < -0.3 is 9.84 Å². The van der Waals surface area contributed by atoms with E-state index in [-0.39, 0.29) is 17.4 Å². The van der Waals surface area contributed by atoms with Gasteiger partial charge >= 0.3 is 0 Å². The number of nitrogens with zero attached hydrogens (tertiary/aromatic N) is 1. The minimum absolute atomic E-state index is 0.0244. The van der Waals surface area contributed by atoms with E-state index in [2.05, 4.69) is 9.97 Å². The van der Waals surface area contributed by atoms with Crippen LogP contribution in [-0.2, 0) is 6.61 Å². The summed E-state index contributed by atoms with van der Waals surface area (Å²) < 4.78 is 5.07. The molecule has 6 heteroatoms. The molecule has 0 saturated heterocycles. The van der Waals surface area contributed by atoms with Gasteiger partial charge in [-0.05, 0) is 17.7 Å². The van der Waals surface area contributed by atoms with Crippen molar-refractivity contribution in [3.8, 4) is 5.75 Å². The van der Waals surface area contributed by atoms with Gasteiger partial charge in [0, 0.05) is 11.6 Å². The van der Waals surface area contributed by atoms with Gasteiger partial charge in [-0.2, -0.15) is 0 Å². The Morgan fingerprint density at radius 2 is 2.31 bits per heavy atom. The van der Waals surface area contributed by atoms with E-state index in [0.717, 1.165) is 0 Å². The predicted octanol–water partition coefficient (Wildman–Crippen LogP) is 1.08. The van der Waals surface area contributed by atoms with Crippen molar-refractivity contribution < 1.29 is 9.84 Å². The number of aliphatic hydroxyl groups is 1. The second kappa shape index (κ2) is 4.11. The molecule has 2 aromatic rings. The fourth-order valence-corrected chi connectivity index (χ4v) is 1.67. The van der Waals surface area contributed by atoms with Gasteiger partial charge in [0.2, 0.25) is 5.28 Å². The van der Waals surface area contributed by atoms with Crippen LogP contribution < -0.4 is 10.3 Å². The van der Waals surface area contributed by atoms with Gasteiger partial charge in [0.15, 0.2) is 0 Å². The van der Waals surface area contributed by atoms with Crippen LogP contribution in [-0.4, -0.2) is 22.2 Å². The van der Waals surface area contributed by atoms with E-state index in [1.54, 1.807) is 6.07 Å². The number of nitrogens with one attached hydrogen (secondary N) is 1. The van der Waals surface area contributed by atoms with Gasteiger partial charge in [-0.3, -0.25) is 9.78 Å². The summed E-state index contributed by atoms with van der Waals surface area (Å²) in [6.45, 7) is -0.207. The summed E-state index contributed by atoms with van der Waals surface area (Å²) >= 11 is 5.64. The number of hydrogen-bond acceptors (Lipinski definition) is 4. The van der Waals surface area contributed by atoms with Crippen molar-refractivity contribution in [2.45, 2.75) is 6.61 Å². The Morgan fingerprint density at radius 1 is 1.56 bits per heavy atom. The first-order chi connectivity index (χ1) is 7.65. The molecule has 84 valence electrons. The summed E-state index contributed by atoms with van der Waals surface area (Å²) in [7, 11) is 1.48. The lowest BCUT2D eigenvalue weighted by Gasteiger charge is -2.07. The molecule has 0 aliphatic carbocycles. The fourth-order valence-electron chi connectivity index (χ4n) is 1.50. The molecular formula is C10H9ClN2O3. The number of aliphatic hydroxyl groups excluding tert-OH is 1. The normalized spacial score (nSPS) is 10.7. The Hall–Kier alpha value is -1.59. The number of H-pyrrole nitrogens is 1. The molecule has 5 nitrogen and oxygen atoms in total. The van der Waals surface area contributed by atoms with Crippen LogP contribution in [0.5, 0.6) is 5.75 Å². The lowest BCUT2D eigenvalue weighted by atomic mass is 10.1. The Balaban J connectivity index is 2.83. The predicted molar refractivity (Wildman–Crippen MR) is 59.8 cm³/mol. The van der Waals surface area contributed by atoms with Crippen LogP contribution in [0.3, 0.4) is 0 Å². The van der Waals surface area contributed by atoms with Gasteiger partial charge in [-0.1, -0.05) is 0 Å². The highest BCUT2D eigenvalue weighted by atomic mass is 35.5. The Bertz CT molecular complexity index is 594. The third-order valence-corrected chi connectivity index (χ3v) is 2.43. The zero-order valence-electron chi connectivity index (χ0n) is 8.45. The molecule has 2 N–H and O–H groups in total. The topological polar surface area (TPSA) is 75.2 Å². The summed E-state index contributed by atoms with van der Waals surface area (Å²) in [5.41, 5.74) is 0.625. The number of hydrogen-bond donors (Lipinski definition) is 2. The minimum Gasteiger partial charge on any atom is -0.496 e.